The van der Waals surface area contributed by atoms with E-state index in [1.165, 1.54) is 7.11 Å². The van der Waals surface area contributed by atoms with Crippen LogP contribution in [0.15, 0.2) is 24.4 Å². The van der Waals surface area contributed by atoms with Crippen molar-refractivity contribution >= 4 is 16.9 Å². The van der Waals surface area contributed by atoms with Crippen molar-refractivity contribution in [2.45, 2.75) is 0 Å². The lowest BCUT2D eigenvalue weighted by atomic mass is 10.2. The molecule has 0 amide bonds. The van der Waals surface area contributed by atoms with Crippen LogP contribution >= 0.6 is 0 Å². The summed E-state index contributed by atoms with van der Waals surface area (Å²) in [5, 5.41) is 7.69. The Morgan fingerprint density at radius 3 is 3.20 bits per heavy atom. The maximum atomic E-state index is 10.8. The largest absolute Gasteiger partial charge is 0.459 e. The van der Waals surface area contributed by atoms with Crippen LogP contribution in [0.5, 0.6) is 0 Å². The number of fused-ring (bicyclic) bond motifs is 1. The van der Waals surface area contributed by atoms with Crippen molar-refractivity contribution in [2.24, 2.45) is 0 Å². The van der Waals surface area contributed by atoms with Gasteiger partial charge in [-0.2, -0.15) is 5.10 Å². The summed E-state index contributed by atoms with van der Waals surface area (Å²) in [6, 6.07) is 5.54. The van der Waals surface area contributed by atoms with Gasteiger partial charge in [0.1, 0.15) is 0 Å². The van der Waals surface area contributed by atoms with Crippen LogP contribution in [0.4, 0.5) is 0 Å². The molecule has 0 aliphatic carbocycles. The predicted octanol–water partition coefficient (Wildman–Crippen LogP) is 1.09. The highest BCUT2D eigenvalue weighted by atomic mass is 16.5. The van der Waals surface area contributed by atoms with Gasteiger partial charge in [-0.3, -0.25) is 5.10 Å². The fourth-order valence-corrected chi connectivity index (χ4v) is 1.19. The molecule has 0 bridgehead atoms. The van der Waals surface area contributed by atoms with Gasteiger partial charge in [-0.15, -0.1) is 0 Å². The molecule has 1 aromatic heterocycles. The molecule has 0 saturated heterocycles. The van der Waals surface area contributed by atoms with Crippen LogP contribution in [0.1, 0.15) is 5.56 Å². The number of carbonyl (C=O) groups excluding carboxylic acids is 1. The van der Waals surface area contributed by atoms with E-state index < -0.39 is 5.97 Å². The second-order valence-corrected chi connectivity index (χ2v) is 2.91. The van der Waals surface area contributed by atoms with Crippen molar-refractivity contribution in [1.82, 2.24) is 10.2 Å². The molecule has 0 unspecified atom stereocenters. The van der Waals surface area contributed by atoms with Gasteiger partial charge in [0.15, 0.2) is 0 Å². The molecule has 2 rings (SSSR count). The van der Waals surface area contributed by atoms with Crippen LogP contribution in [-0.4, -0.2) is 23.3 Å². The normalized spacial score (nSPS) is 9.40. The maximum absolute atomic E-state index is 10.8. The van der Waals surface area contributed by atoms with E-state index in [9.17, 15) is 4.79 Å². The highest BCUT2D eigenvalue weighted by Gasteiger charge is 1.96. The summed E-state index contributed by atoms with van der Waals surface area (Å²) in [7, 11) is 1.30. The van der Waals surface area contributed by atoms with Gasteiger partial charge in [0.25, 0.3) is 0 Å². The average Bonchev–Trinajstić information content (AvgIpc) is 2.72. The standard InChI is InChI=1S/C11H8N2O2/c1-15-11(14)5-3-8-2-4-10-9(6-8)7-12-13-10/h2,4,6-7H,1H3,(H,12,13). The van der Waals surface area contributed by atoms with Gasteiger partial charge >= 0.3 is 5.97 Å². The fraction of sp³-hybridized carbons (Fsp3) is 0.0909. The molecular weight excluding hydrogens is 192 g/mol. The lowest BCUT2D eigenvalue weighted by Gasteiger charge is -1.90. The van der Waals surface area contributed by atoms with Gasteiger partial charge in [-0.05, 0) is 18.2 Å². The van der Waals surface area contributed by atoms with Gasteiger partial charge in [-0.25, -0.2) is 4.79 Å². The third-order valence-corrected chi connectivity index (χ3v) is 1.93. The van der Waals surface area contributed by atoms with E-state index >= 15 is 0 Å². The molecule has 0 aliphatic rings. The van der Waals surface area contributed by atoms with Crippen LogP contribution in [-0.2, 0) is 9.53 Å². The average molecular weight is 200 g/mol. The fourth-order valence-electron chi connectivity index (χ4n) is 1.19. The molecule has 1 heterocycles. The first-order chi connectivity index (χ1) is 7.29. The third-order valence-electron chi connectivity index (χ3n) is 1.93. The summed E-state index contributed by atoms with van der Waals surface area (Å²) < 4.78 is 4.41. The minimum absolute atomic E-state index is 0.540. The number of nitrogens with zero attached hydrogens (tertiary/aromatic N) is 1. The first kappa shape index (κ1) is 9.28. The summed E-state index contributed by atoms with van der Waals surface area (Å²) >= 11 is 0. The van der Waals surface area contributed by atoms with Crippen LogP contribution in [0.3, 0.4) is 0 Å². The van der Waals surface area contributed by atoms with Gasteiger partial charge < -0.3 is 4.74 Å². The van der Waals surface area contributed by atoms with Gasteiger partial charge in [0, 0.05) is 16.9 Å². The number of aromatic nitrogens is 2. The molecule has 15 heavy (non-hydrogen) atoms. The van der Waals surface area contributed by atoms with Crippen molar-refractivity contribution in [2.75, 3.05) is 7.11 Å². The molecular formula is C11H8N2O2. The molecule has 0 spiro atoms. The maximum Gasteiger partial charge on any atom is 0.384 e. The van der Waals surface area contributed by atoms with E-state index in [0.717, 1.165) is 16.5 Å². The first-order valence-corrected chi connectivity index (χ1v) is 4.33. The molecule has 0 fully saturated rings. The Bertz CT molecular complexity index is 560. The topological polar surface area (TPSA) is 55.0 Å². The van der Waals surface area contributed by atoms with E-state index in [4.69, 9.17) is 0 Å². The Labute approximate surface area is 86.2 Å². The summed E-state index contributed by atoms with van der Waals surface area (Å²) in [6.45, 7) is 0. The predicted molar refractivity (Wildman–Crippen MR) is 55.0 cm³/mol. The van der Waals surface area contributed by atoms with Crippen molar-refractivity contribution in [3.05, 3.63) is 30.0 Å². The van der Waals surface area contributed by atoms with Gasteiger partial charge in [0.05, 0.1) is 18.8 Å². The van der Waals surface area contributed by atoms with E-state index in [0.29, 0.717) is 0 Å². The Hall–Kier alpha value is -2.28. The molecule has 0 saturated carbocycles. The Kier molecular flexibility index (Phi) is 2.38. The summed E-state index contributed by atoms with van der Waals surface area (Å²) in [6.07, 6.45) is 1.71. The Balaban J connectivity index is 2.35. The summed E-state index contributed by atoms with van der Waals surface area (Å²) in [4.78, 5) is 10.8. The number of carbonyl (C=O) groups is 1. The number of methoxy groups -OCH3 is 1. The highest BCUT2D eigenvalue weighted by Crippen LogP contribution is 2.11. The van der Waals surface area contributed by atoms with Crippen LogP contribution < -0.4 is 0 Å². The van der Waals surface area contributed by atoms with Crippen molar-refractivity contribution in [3.8, 4) is 11.8 Å². The summed E-state index contributed by atoms with van der Waals surface area (Å²) in [5.74, 6) is 4.54. The summed E-state index contributed by atoms with van der Waals surface area (Å²) in [5.41, 5.74) is 1.70. The van der Waals surface area contributed by atoms with E-state index in [1.54, 1.807) is 6.20 Å². The van der Waals surface area contributed by atoms with Crippen molar-refractivity contribution < 1.29 is 9.53 Å². The first-order valence-electron chi connectivity index (χ1n) is 4.33. The smallest absolute Gasteiger partial charge is 0.384 e. The number of aromatic amines is 1. The minimum Gasteiger partial charge on any atom is -0.459 e. The number of H-pyrrole nitrogens is 1. The van der Waals surface area contributed by atoms with E-state index in [2.05, 4.69) is 26.8 Å². The second-order valence-electron chi connectivity index (χ2n) is 2.91. The highest BCUT2D eigenvalue weighted by molar-refractivity contribution is 5.89. The molecule has 74 valence electrons. The number of benzene rings is 1. The SMILES string of the molecule is COC(=O)C#Cc1ccc2[nH]ncc2c1. The molecule has 0 aliphatic heterocycles. The second kappa shape index (κ2) is 3.84. The lowest BCUT2D eigenvalue weighted by molar-refractivity contribution is -0.133. The van der Waals surface area contributed by atoms with Gasteiger partial charge in [-0.1, -0.05) is 5.92 Å². The zero-order chi connectivity index (χ0) is 10.7. The quantitative estimate of drug-likeness (QED) is 0.511. The van der Waals surface area contributed by atoms with Crippen LogP contribution in [0.25, 0.3) is 10.9 Å². The molecule has 0 radical (unpaired) electrons. The number of nitrogens with one attached hydrogen (secondary N) is 1. The van der Waals surface area contributed by atoms with Crippen LogP contribution in [0.2, 0.25) is 0 Å². The molecule has 1 aromatic carbocycles. The molecule has 2 aromatic rings. The monoisotopic (exact) mass is 200 g/mol. The van der Waals surface area contributed by atoms with E-state index in [-0.39, 0.29) is 0 Å². The molecule has 0 atom stereocenters. The molecule has 4 heteroatoms. The number of ether oxygens (including phenoxy) is 1. The van der Waals surface area contributed by atoms with Crippen molar-refractivity contribution in [1.29, 1.82) is 0 Å². The number of rotatable bonds is 0. The lowest BCUT2D eigenvalue weighted by Crippen LogP contribution is -1.94. The number of hydrogen-bond acceptors (Lipinski definition) is 3. The Morgan fingerprint density at radius 2 is 2.40 bits per heavy atom. The minimum atomic E-state index is -0.540. The van der Waals surface area contributed by atoms with Crippen molar-refractivity contribution in [3.63, 3.8) is 0 Å². The number of hydrogen-bond donors (Lipinski definition) is 1. The molecule has 1 N–H and O–H groups in total. The number of esters is 1. The Morgan fingerprint density at radius 1 is 1.53 bits per heavy atom. The third kappa shape index (κ3) is 1.97. The van der Waals surface area contributed by atoms with Crippen LogP contribution in [0, 0.1) is 11.8 Å². The van der Waals surface area contributed by atoms with E-state index in [1.807, 2.05) is 18.2 Å². The molecule has 4 nitrogen and oxygen atoms in total. The zero-order valence-electron chi connectivity index (χ0n) is 8.07. The van der Waals surface area contributed by atoms with Gasteiger partial charge in [0.2, 0.25) is 0 Å². The zero-order valence-corrected chi connectivity index (χ0v) is 8.07.